The Morgan fingerprint density at radius 2 is 2.15 bits per heavy atom. The van der Waals surface area contributed by atoms with Crippen LogP contribution in [-0.4, -0.2) is 39.0 Å². The fourth-order valence-corrected chi connectivity index (χ4v) is 3.46. The minimum Gasteiger partial charge on any atom is -0.399 e. The smallest absolute Gasteiger partial charge is 0.215 e. The molecule has 0 radical (unpaired) electrons. The second-order valence-corrected chi connectivity index (χ2v) is 7.07. The van der Waals surface area contributed by atoms with Crippen LogP contribution in [0.5, 0.6) is 0 Å². The minimum absolute atomic E-state index is 0.0202. The summed E-state index contributed by atoms with van der Waals surface area (Å²) in [6, 6.07) is 7.66. The van der Waals surface area contributed by atoms with Gasteiger partial charge in [0.15, 0.2) is 0 Å². The van der Waals surface area contributed by atoms with E-state index >= 15 is 0 Å². The number of anilines is 1. The van der Waals surface area contributed by atoms with Crippen LogP contribution in [0, 0.1) is 0 Å². The molecule has 3 N–H and O–H groups in total. The molecule has 1 fully saturated rings. The Morgan fingerprint density at radius 3 is 2.75 bits per heavy atom. The van der Waals surface area contributed by atoms with Crippen LogP contribution < -0.4 is 10.5 Å². The summed E-state index contributed by atoms with van der Waals surface area (Å²) in [5, 5.41) is 0. The molecule has 6 heteroatoms. The lowest BCUT2D eigenvalue weighted by Crippen LogP contribution is -2.36. The van der Waals surface area contributed by atoms with Gasteiger partial charge in [-0.2, -0.15) is 0 Å². The van der Waals surface area contributed by atoms with Gasteiger partial charge in [0.1, 0.15) is 0 Å². The number of likely N-dealkylation sites (N-methyl/N-ethyl adjacent to an activating group) is 1. The Hall–Kier alpha value is -1.11. The monoisotopic (exact) mass is 297 g/mol. The number of nitrogens with zero attached hydrogens (tertiary/aromatic N) is 1. The molecule has 1 aliphatic rings. The Labute approximate surface area is 121 Å². The van der Waals surface area contributed by atoms with Gasteiger partial charge in [0.2, 0.25) is 10.0 Å². The fraction of sp³-hybridized carbons (Fsp3) is 0.571. The summed E-state index contributed by atoms with van der Waals surface area (Å²) in [6.07, 6.45) is 2.48. The molecule has 0 amide bonds. The van der Waals surface area contributed by atoms with Crippen molar-refractivity contribution < 1.29 is 8.42 Å². The van der Waals surface area contributed by atoms with Crippen LogP contribution in [0.1, 0.15) is 25.3 Å². The van der Waals surface area contributed by atoms with E-state index in [1.165, 1.54) is 12.8 Å². The summed E-state index contributed by atoms with van der Waals surface area (Å²) in [6.45, 7) is 4.33. The number of benzene rings is 1. The summed E-state index contributed by atoms with van der Waals surface area (Å²) in [5.41, 5.74) is 6.96. The van der Waals surface area contributed by atoms with Gasteiger partial charge in [0.25, 0.3) is 0 Å². The zero-order chi connectivity index (χ0) is 14.6. The van der Waals surface area contributed by atoms with E-state index in [0.717, 1.165) is 13.1 Å². The maximum absolute atomic E-state index is 12.0. The van der Waals surface area contributed by atoms with E-state index in [0.29, 0.717) is 23.8 Å². The highest BCUT2D eigenvalue weighted by Gasteiger charge is 2.27. The van der Waals surface area contributed by atoms with E-state index in [1.807, 2.05) is 0 Å². The van der Waals surface area contributed by atoms with Gasteiger partial charge in [-0.3, -0.25) is 4.90 Å². The summed E-state index contributed by atoms with van der Waals surface area (Å²) in [7, 11) is -3.29. The van der Waals surface area contributed by atoms with Crippen molar-refractivity contribution in [2.75, 3.05) is 25.4 Å². The first-order valence-corrected chi connectivity index (χ1v) is 8.71. The molecule has 0 aromatic heterocycles. The number of rotatable bonds is 8. The largest absolute Gasteiger partial charge is 0.399 e. The summed E-state index contributed by atoms with van der Waals surface area (Å²) >= 11 is 0. The van der Waals surface area contributed by atoms with Gasteiger partial charge in [-0.15, -0.1) is 0 Å². The number of sulfonamides is 1. The van der Waals surface area contributed by atoms with Crippen LogP contribution in [-0.2, 0) is 15.8 Å². The third-order valence-corrected chi connectivity index (χ3v) is 4.86. The Kier molecular flexibility index (Phi) is 5.01. The van der Waals surface area contributed by atoms with Crippen molar-refractivity contribution >= 4 is 15.7 Å². The summed E-state index contributed by atoms with van der Waals surface area (Å²) in [5.74, 6) is -0.0202. The number of nitrogen functional groups attached to an aromatic ring is 1. The predicted octanol–water partition coefficient (Wildman–Crippen LogP) is 1.17. The highest BCUT2D eigenvalue weighted by atomic mass is 32.2. The van der Waals surface area contributed by atoms with Crippen LogP contribution in [0.2, 0.25) is 0 Å². The van der Waals surface area contributed by atoms with Crippen LogP contribution in [0.15, 0.2) is 24.3 Å². The van der Waals surface area contributed by atoms with Gasteiger partial charge in [0, 0.05) is 24.8 Å². The molecule has 112 valence electrons. The zero-order valence-corrected chi connectivity index (χ0v) is 12.7. The van der Waals surface area contributed by atoms with Crippen molar-refractivity contribution in [2.45, 2.75) is 31.6 Å². The molecular weight excluding hydrogens is 274 g/mol. The standard InChI is InChI=1S/C14H23N3O2S/c1-2-17(14-6-7-14)9-8-16-20(18,19)11-12-4-3-5-13(15)10-12/h3-5,10,14,16H,2,6-9,11,15H2,1H3. The van der Waals surface area contributed by atoms with E-state index in [1.54, 1.807) is 24.3 Å². The molecule has 1 aromatic carbocycles. The molecule has 1 aliphatic carbocycles. The first-order valence-electron chi connectivity index (χ1n) is 7.06. The Morgan fingerprint density at radius 1 is 1.40 bits per heavy atom. The Bertz CT molecular complexity index is 541. The summed E-state index contributed by atoms with van der Waals surface area (Å²) in [4.78, 5) is 2.32. The average molecular weight is 297 g/mol. The maximum atomic E-state index is 12.0. The lowest BCUT2D eigenvalue weighted by Gasteiger charge is -2.19. The first kappa shape index (κ1) is 15.3. The molecule has 0 aliphatic heterocycles. The van der Waals surface area contributed by atoms with Crippen LogP contribution >= 0.6 is 0 Å². The number of nitrogens with one attached hydrogen (secondary N) is 1. The van der Waals surface area contributed by atoms with Crippen molar-refractivity contribution in [2.24, 2.45) is 0 Å². The number of nitrogens with two attached hydrogens (primary N) is 1. The highest BCUT2D eigenvalue weighted by Crippen LogP contribution is 2.25. The molecule has 0 unspecified atom stereocenters. The predicted molar refractivity (Wildman–Crippen MR) is 81.7 cm³/mol. The zero-order valence-electron chi connectivity index (χ0n) is 11.9. The quantitative estimate of drug-likeness (QED) is 0.706. The molecule has 1 saturated carbocycles. The minimum atomic E-state index is -3.29. The van der Waals surface area contributed by atoms with Crippen molar-refractivity contribution in [3.8, 4) is 0 Å². The molecule has 0 saturated heterocycles. The highest BCUT2D eigenvalue weighted by molar-refractivity contribution is 7.88. The molecule has 0 bridgehead atoms. The van der Waals surface area contributed by atoms with Crippen LogP contribution in [0.25, 0.3) is 0 Å². The van der Waals surface area contributed by atoms with E-state index in [9.17, 15) is 8.42 Å². The van der Waals surface area contributed by atoms with Crippen molar-refractivity contribution in [3.05, 3.63) is 29.8 Å². The Balaban J connectivity index is 1.81. The van der Waals surface area contributed by atoms with E-state index < -0.39 is 10.0 Å². The second kappa shape index (κ2) is 6.56. The summed E-state index contributed by atoms with van der Waals surface area (Å²) < 4.78 is 26.7. The molecule has 0 spiro atoms. The van der Waals surface area contributed by atoms with Gasteiger partial charge in [-0.25, -0.2) is 13.1 Å². The van der Waals surface area contributed by atoms with Gasteiger partial charge in [0.05, 0.1) is 5.75 Å². The van der Waals surface area contributed by atoms with Crippen LogP contribution in [0.3, 0.4) is 0 Å². The van der Waals surface area contributed by atoms with Crippen molar-refractivity contribution in [1.29, 1.82) is 0 Å². The lowest BCUT2D eigenvalue weighted by atomic mass is 10.2. The molecule has 1 aromatic rings. The van der Waals surface area contributed by atoms with Gasteiger partial charge in [-0.05, 0) is 37.1 Å². The SMILES string of the molecule is CCN(CCNS(=O)(=O)Cc1cccc(N)c1)C1CC1. The molecule has 5 nitrogen and oxygen atoms in total. The van der Waals surface area contributed by atoms with Crippen molar-refractivity contribution in [1.82, 2.24) is 9.62 Å². The third kappa shape index (κ3) is 4.77. The molecule has 0 atom stereocenters. The maximum Gasteiger partial charge on any atom is 0.215 e. The normalized spacial score (nSPS) is 15.7. The van der Waals surface area contributed by atoms with E-state index in [2.05, 4.69) is 16.5 Å². The fourth-order valence-electron chi connectivity index (χ4n) is 2.34. The molecule has 20 heavy (non-hydrogen) atoms. The molecule has 0 heterocycles. The van der Waals surface area contributed by atoms with Gasteiger partial charge >= 0.3 is 0 Å². The average Bonchev–Trinajstić information content (AvgIpc) is 3.18. The van der Waals surface area contributed by atoms with Crippen LogP contribution in [0.4, 0.5) is 5.69 Å². The number of hydrogen-bond acceptors (Lipinski definition) is 4. The van der Waals surface area contributed by atoms with E-state index in [-0.39, 0.29) is 5.75 Å². The lowest BCUT2D eigenvalue weighted by molar-refractivity contribution is 0.282. The molecular formula is C14H23N3O2S. The topological polar surface area (TPSA) is 75.4 Å². The third-order valence-electron chi connectivity index (χ3n) is 3.50. The van der Waals surface area contributed by atoms with Gasteiger partial charge < -0.3 is 5.73 Å². The number of hydrogen-bond donors (Lipinski definition) is 2. The second-order valence-electron chi connectivity index (χ2n) is 5.26. The van der Waals surface area contributed by atoms with E-state index in [4.69, 9.17) is 5.73 Å². The molecule has 2 rings (SSSR count). The van der Waals surface area contributed by atoms with Crippen molar-refractivity contribution in [3.63, 3.8) is 0 Å². The van der Waals surface area contributed by atoms with Gasteiger partial charge in [-0.1, -0.05) is 19.1 Å². The first-order chi connectivity index (χ1) is 9.50.